The minimum Gasteiger partial charge on any atom is -0.466 e. The number of hydrogen-bond acceptors (Lipinski definition) is 6. The fourth-order valence-electron chi connectivity index (χ4n) is 8.27. The molecule has 3 aliphatic rings. The summed E-state index contributed by atoms with van der Waals surface area (Å²) in [5.41, 5.74) is 3.23. The molecule has 0 amide bonds. The molecule has 236 valence electrons. The van der Waals surface area contributed by atoms with Gasteiger partial charge in [0.1, 0.15) is 5.69 Å². The van der Waals surface area contributed by atoms with Crippen LogP contribution in [0.2, 0.25) is 0 Å². The number of para-hydroxylation sites is 2. The molecular formula is C37H49N3O4. The van der Waals surface area contributed by atoms with Gasteiger partial charge in [-0.3, -0.25) is 14.5 Å². The van der Waals surface area contributed by atoms with Crippen LogP contribution in [0.25, 0.3) is 11.0 Å². The highest BCUT2D eigenvalue weighted by Gasteiger charge is 2.44. The van der Waals surface area contributed by atoms with Crippen molar-refractivity contribution in [2.24, 2.45) is 0 Å². The lowest BCUT2D eigenvalue weighted by molar-refractivity contribution is -0.143. The molecule has 3 heterocycles. The first kappa shape index (κ1) is 31.0. The van der Waals surface area contributed by atoms with E-state index >= 15 is 0 Å². The summed E-state index contributed by atoms with van der Waals surface area (Å²) in [6.07, 6.45) is 14.6. The van der Waals surface area contributed by atoms with Crippen LogP contribution in [0.5, 0.6) is 0 Å². The lowest BCUT2D eigenvalue weighted by Crippen LogP contribution is -2.50. The maximum Gasteiger partial charge on any atom is 0.306 e. The van der Waals surface area contributed by atoms with Crippen molar-refractivity contribution in [3.05, 3.63) is 76.2 Å². The summed E-state index contributed by atoms with van der Waals surface area (Å²) in [7, 11) is 0. The Morgan fingerprint density at radius 3 is 2.27 bits per heavy atom. The van der Waals surface area contributed by atoms with Crippen molar-refractivity contribution in [2.75, 3.05) is 13.2 Å². The molecule has 2 saturated heterocycles. The number of carbonyl (C=O) groups excluding carboxylic acids is 1. The second-order valence-electron chi connectivity index (χ2n) is 13.2. The van der Waals surface area contributed by atoms with Gasteiger partial charge in [-0.2, -0.15) is 0 Å². The Morgan fingerprint density at radius 2 is 1.55 bits per heavy atom. The molecule has 2 bridgehead atoms. The minimum absolute atomic E-state index is 0.0511. The van der Waals surface area contributed by atoms with Gasteiger partial charge >= 0.3 is 5.97 Å². The molecule has 7 nitrogen and oxygen atoms in total. The van der Waals surface area contributed by atoms with Crippen LogP contribution >= 0.6 is 0 Å². The molecule has 0 spiro atoms. The third kappa shape index (κ3) is 7.10. The van der Waals surface area contributed by atoms with Crippen molar-refractivity contribution in [1.29, 1.82) is 0 Å². The van der Waals surface area contributed by atoms with Gasteiger partial charge in [0.2, 0.25) is 0 Å². The predicted molar refractivity (Wildman–Crippen MR) is 174 cm³/mol. The van der Waals surface area contributed by atoms with Gasteiger partial charge in [0, 0.05) is 36.7 Å². The number of nitrogens with zero attached hydrogens (tertiary/aromatic N) is 3. The Balaban J connectivity index is 1.27. The number of hydrogen-bond donors (Lipinski definition) is 0. The van der Waals surface area contributed by atoms with Crippen LogP contribution < -0.4 is 5.56 Å². The average molecular weight is 600 g/mol. The van der Waals surface area contributed by atoms with E-state index in [0.29, 0.717) is 50.1 Å². The van der Waals surface area contributed by atoms with E-state index in [4.69, 9.17) is 14.5 Å². The van der Waals surface area contributed by atoms with Crippen LogP contribution in [-0.2, 0) is 20.9 Å². The molecule has 44 heavy (non-hydrogen) atoms. The number of piperidine rings is 1. The fraction of sp³-hybridized carbons (Fsp3) is 0.595. The molecule has 4 atom stereocenters. The van der Waals surface area contributed by atoms with E-state index in [0.717, 1.165) is 29.4 Å². The molecule has 6 rings (SSSR count). The summed E-state index contributed by atoms with van der Waals surface area (Å²) < 4.78 is 13.4. The predicted octanol–water partition coefficient (Wildman–Crippen LogP) is 7.32. The third-order valence-corrected chi connectivity index (χ3v) is 10.3. The Labute approximate surface area is 262 Å². The first-order valence-electron chi connectivity index (χ1n) is 17.2. The number of aromatic nitrogens is 2. The van der Waals surface area contributed by atoms with E-state index in [2.05, 4.69) is 9.47 Å². The van der Waals surface area contributed by atoms with Crippen molar-refractivity contribution in [3.63, 3.8) is 0 Å². The SMILES string of the molecule is CCOC(=O)CC(CCOCc1ccccc1)c1nc2ccccc2n([C@H]2C[C@H]3CC[C@@H](C2)N3C2CCCCCCC2)c1=O. The van der Waals surface area contributed by atoms with Gasteiger partial charge in [0.05, 0.1) is 30.7 Å². The zero-order valence-electron chi connectivity index (χ0n) is 26.4. The van der Waals surface area contributed by atoms with Gasteiger partial charge in [-0.1, -0.05) is 74.6 Å². The maximum absolute atomic E-state index is 14.5. The lowest BCUT2D eigenvalue weighted by Gasteiger charge is -2.45. The zero-order chi connectivity index (χ0) is 30.3. The van der Waals surface area contributed by atoms with Crippen LogP contribution in [-0.4, -0.2) is 51.8 Å². The monoisotopic (exact) mass is 599 g/mol. The minimum atomic E-state index is -0.375. The van der Waals surface area contributed by atoms with Crippen molar-refractivity contribution >= 4 is 17.0 Å². The van der Waals surface area contributed by atoms with Crippen LogP contribution in [0.3, 0.4) is 0 Å². The summed E-state index contributed by atoms with van der Waals surface area (Å²) >= 11 is 0. The summed E-state index contributed by atoms with van der Waals surface area (Å²) in [6, 6.07) is 20.0. The van der Waals surface area contributed by atoms with Gasteiger partial charge in [0.25, 0.3) is 5.56 Å². The summed E-state index contributed by atoms with van der Waals surface area (Å²) in [5, 5.41) is 0. The fourth-order valence-corrected chi connectivity index (χ4v) is 8.27. The second kappa shape index (κ2) is 14.8. The topological polar surface area (TPSA) is 73.7 Å². The summed E-state index contributed by atoms with van der Waals surface area (Å²) in [6.45, 7) is 3.05. The molecule has 1 unspecified atom stereocenters. The highest BCUT2D eigenvalue weighted by molar-refractivity contribution is 5.75. The quantitative estimate of drug-likeness (QED) is 0.170. The van der Waals surface area contributed by atoms with E-state index < -0.39 is 0 Å². The van der Waals surface area contributed by atoms with Gasteiger partial charge in [-0.25, -0.2) is 4.98 Å². The van der Waals surface area contributed by atoms with Crippen LogP contribution in [0.15, 0.2) is 59.4 Å². The van der Waals surface area contributed by atoms with Crippen molar-refractivity contribution < 1.29 is 14.3 Å². The second-order valence-corrected chi connectivity index (χ2v) is 13.2. The van der Waals surface area contributed by atoms with E-state index in [-0.39, 0.29) is 29.9 Å². The molecule has 3 fully saturated rings. The largest absolute Gasteiger partial charge is 0.466 e. The van der Waals surface area contributed by atoms with Gasteiger partial charge in [-0.05, 0) is 69.6 Å². The van der Waals surface area contributed by atoms with Crippen molar-refractivity contribution in [2.45, 2.75) is 127 Å². The van der Waals surface area contributed by atoms with Crippen LogP contribution in [0.4, 0.5) is 0 Å². The molecular weight excluding hydrogens is 550 g/mol. The number of ether oxygens (including phenoxy) is 2. The van der Waals surface area contributed by atoms with Crippen molar-refractivity contribution in [1.82, 2.24) is 14.5 Å². The third-order valence-electron chi connectivity index (χ3n) is 10.3. The van der Waals surface area contributed by atoms with Gasteiger partial charge < -0.3 is 14.0 Å². The van der Waals surface area contributed by atoms with Crippen molar-refractivity contribution in [3.8, 4) is 0 Å². The van der Waals surface area contributed by atoms with E-state index in [1.807, 2.05) is 61.5 Å². The molecule has 1 aliphatic carbocycles. The highest BCUT2D eigenvalue weighted by atomic mass is 16.5. The summed E-state index contributed by atoms with van der Waals surface area (Å²) in [5.74, 6) is -0.674. The molecule has 3 aromatic rings. The molecule has 1 saturated carbocycles. The number of carbonyl (C=O) groups is 1. The van der Waals surface area contributed by atoms with Gasteiger partial charge in [0.15, 0.2) is 0 Å². The highest BCUT2D eigenvalue weighted by Crippen LogP contribution is 2.44. The Hall–Kier alpha value is -3.03. The van der Waals surface area contributed by atoms with Crippen LogP contribution in [0.1, 0.15) is 114 Å². The molecule has 2 aliphatic heterocycles. The number of esters is 1. The molecule has 0 N–H and O–H groups in total. The van der Waals surface area contributed by atoms with E-state index in [1.54, 1.807) is 0 Å². The molecule has 2 aromatic carbocycles. The Kier molecular flexibility index (Phi) is 10.4. The normalized spacial score (nSPS) is 23.7. The van der Waals surface area contributed by atoms with E-state index in [9.17, 15) is 9.59 Å². The standard InChI is InChI=1S/C37H49N3O4/c1-2-44-35(41)23-28(21-22-43-26-27-13-7-6-8-14-27)36-37(42)40(34-18-12-11-17-33(34)38-36)32-24-30-19-20-31(25-32)39(30)29-15-9-4-3-5-10-16-29/h6-8,11-14,17-18,28-32H,2-5,9-10,15-16,19-26H2,1H3/t28?,30-,31+,32+. The number of benzene rings is 2. The number of fused-ring (bicyclic) bond motifs is 3. The molecule has 0 radical (unpaired) electrons. The van der Waals surface area contributed by atoms with E-state index in [1.165, 1.54) is 57.8 Å². The lowest BCUT2D eigenvalue weighted by atomic mass is 9.89. The zero-order valence-corrected chi connectivity index (χ0v) is 26.4. The summed E-state index contributed by atoms with van der Waals surface area (Å²) in [4.78, 5) is 35.1. The molecule has 7 heteroatoms. The first-order chi connectivity index (χ1) is 21.6. The average Bonchev–Trinajstić information content (AvgIpc) is 3.27. The Morgan fingerprint density at radius 1 is 0.864 bits per heavy atom. The maximum atomic E-state index is 14.5. The molecule has 1 aromatic heterocycles. The first-order valence-corrected chi connectivity index (χ1v) is 17.2. The van der Waals surface area contributed by atoms with Crippen LogP contribution in [0, 0.1) is 0 Å². The van der Waals surface area contributed by atoms with Gasteiger partial charge in [-0.15, -0.1) is 0 Å². The number of rotatable bonds is 11. The Bertz CT molecular complexity index is 1420. The smallest absolute Gasteiger partial charge is 0.306 e.